The molecule has 1 atom stereocenters. The van der Waals surface area contributed by atoms with Gasteiger partial charge in [-0.3, -0.25) is 9.78 Å². The lowest BCUT2D eigenvalue weighted by molar-refractivity contribution is 0.0940. The lowest BCUT2D eigenvalue weighted by atomic mass is 10.1. The topological polar surface area (TPSA) is 85.4 Å². The van der Waals surface area contributed by atoms with Crippen molar-refractivity contribution in [1.82, 2.24) is 10.3 Å². The van der Waals surface area contributed by atoms with E-state index in [0.717, 1.165) is 17.0 Å². The number of hydrogen-bond acceptors (Lipinski definition) is 5. The van der Waals surface area contributed by atoms with E-state index in [1.165, 1.54) is 6.20 Å². The first-order valence-electron chi connectivity index (χ1n) is 8.05. The number of carbonyl (C=O) groups is 1. The van der Waals surface area contributed by atoms with Crippen molar-refractivity contribution in [3.63, 3.8) is 0 Å². The number of pyridine rings is 1. The van der Waals surface area contributed by atoms with Gasteiger partial charge in [0.25, 0.3) is 5.91 Å². The van der Waals surface area contributed by atoms with Crippen LogP contribution >= 0.6 is 0 Å². The van der Waals surface area contributed by atoms with E-state index in [1.54, 1.807) is 19.2 Å². The second-order valence-electron chi connectivity index (χ2n) is 6.10. The Morgan fingerprint density at radius 1 is 1.28 bits per heavy atom. The van der Waals surface area contributed by atoms with E-state index in [2.05, 4.69) is 10.3 Å². The lowest BCUT2D eigenvalue weighted by Gasteiger charge is -2.11. The zero-order valence-corrected chi connectivity index (χ0v) is 14.8. The maximum Gasteiger partial charge on any atom is 0.253 e. The van der Waals surface area contributed by atoms with E-state index < -0.39 is 9.84 Å². The second-order valence-corrected chi connectivity index (χ2v) is 8.33. The van der Waals surface area contributed by atoms with E-state index in [-0.39, 0.29) is 23.5 Å². The van der Waals surface area contributed by atoms with Crippen LogP contribution in [0.25, 0.3) is 0 Å². The average Bonchev–Trinajstić information content (AvgIpc) is 2.94. The molecule has 1 aromatic heterocycles. The highest BCUT2D eigenvalue weighted by atomic mass is 32.2. The summed E-state index contributed by atoms with van der Waals surface area (Å²) in [5, 5.41) is 2.76. The molecule has 3 rings (SSSR count). The Balaban J connectivity index is 1.65. The van der Waals surface area contributed by atoms with Gasteiger partial charge in [-0.15, -0.1) is 0 Å². The van der Waals surface area contributed by atoms with E-state index in [1.807, 2.05) is 24.3 Å². The van der Waals surface area contributed by atoms with E-state index >= 15 is 0 Å². The van der Waals surface area contributed by atoms with Crippen LogP contribution in [0.4, 0.5) is 0 Å². The highest BCUT2D eigenvalue weighted by Gasteiger charge is 2.29. The molecule has 1 amide bonds. The fourth-order valence-corrected chi connectivity index (χ4v) is 4.56. The van der Waals surface area contributed by atoms with E-state index in [0.29, 0.717) is 18.4 Å². The van der Waals surface area contributed by atoms with Gasteiger partial charge >= 0.3 is 0 Å². The highest BCUT2D eigenvalue weighted by molar-refractivity contribution is 7.91. The Labute approximate surface area is 147 Å². The number of amides is 1. The van der Waals surface area contributed by atoms with Gasteiger partial charge < -0.3 is 10.1 Å². The van der Waals surface area contributed by atoms with Gasteiger partial charge in [-0.1, -0.05) is 18.2 Å². The summed E-state index contributed by atoms with van der Waals surface area (Å²) in [7, 11) is -1.39. The minimum absolute atomic E-state index is 0.0120. The molecular formula is C18H20N2O4S. The number of hydrogen-bond donors (Lipinski definition) is 1. The normalized spacial score (nSPS) is 18.7. The predicted octanol–water partition coefficient (Wildman–Crippen LogP) is 1.60. The molecule has 0 radical (unpaired) electrons. The van der Waals surface area contributed by atoms with Crippen molar-refractivity contribution in [1.29, 1.82) is 0 Å². The molecule has 0 aliphatic carbocycles. The van der Waals surface area contributed by atoms with Gasteiger partial charge in [0.1, 0.15) is 5.75 Å². The van der Waals surface area contributed by atoms with Gasteiger partial charge in [0.15, 0.2) is 9.84 Å². The minimum Gasteiger partial charge on any atom is -0.496 e. The second kappa shape index (κ2) is 7.23. The summed E-state index contributed by atoms with van der Waals surface area (Å²) < 4.78 is 28.2. The molecule has 0 spiro atoms. The fraction of sp³-hybridized carbons (Fsp3) is 0.333. The first-order chi connectivity index (χ1) is 12.0. The third-order valence-electron chi connectivity index (χ3n) is 4.22. The molecule has 6 nitrogen and oxygen atoms in total. The molecule has 2 heterocycles. The lowest BCUT2D eigenvalue weighted by Crippen LogP contribution is -2.35. The zero-order valence-electron chi connectivity index (χ0n) is 13.9. The van der Waals surface area contributed by atoms with Crippen molar-refractivity contribution < 1.29 is 17.9 Å². The minimum atomic E-state index is -3.01. The molecule has 132 valence electrons. The summed E-state index contributed by atoms with van der Waals surface area (Å²) in [6.07, 6.45) is 2.59. The van der Waals surface area contributed by atoms with Gasteiger partial charge in [0.05, 0.1) is 24.2 Å². The molecule has 25 heavy (non-hydrogen) atoms. The van der Waals surface area contributed by atoms with Crippen LogP contribution in [0, 0.1) is 0 Å². The average molecular weight is 360 g/mol. The first kappa shape index (κ1) is 17.4. The van der Waals surface area contributed by atoms with Crippen molar-refractivity contribution in [2.24, 2.45) is 0 Å². The molecule has 2 aromatic rings. The SMILES string of the molecule is COc1ccccc1Cc1ccc(C(=O)N[C@H]2CCS(=O)(=O)C2)cn1. The van der Waals surface area contributed by atoms with Crippen LogP contribution in [-0.2, 0) is 16.3 Å². The molecule has 1 aliphatic rings. The van der Waals surface area contributed by atoms with Crippen molar-refractivity contribution >= 4 is 15.7 Å². The molecule has 1 N–H and O–H groups in total. The molecule has 0 saturated carbocycles. The number of para-hydroxylation sites is 1. The molecule has 0 unspecified atom stereocenters. The third kappa shape index (κ3) is 4.36. The van der Waals surface area contributed by atoms with Crippen LogP contribution in [0.3, 0.4) is 0 Å². The van der Waals surface area contributed by atoms with Crippen molar-refractivity contribution in [2.45, 2.75) is 18.9 Å². The molecule has 1 saturated heterocycles. The van der Waals surface area contributed by atoms with Crippen LogP contribution in [0.2, 0.25) is 0 Å². The Morgan fingerprint density at radius 2 is 2.08 bits per heavy atom. The fourth-order valence-electron chi connectivity index (χ4n) is 2.89. The number of nitrogens with one attached hydrogen (secondary N) is 1. The summed E-state index contributed by atoms with van der Waals surface area (Å²) >= 11 is 0. The predicted molar refractivity (Wildman–Crippen MR) is 94.6 cm³/mol. The number of aromatic nitrogens is 1. The highest BCUT2D eigenvalue weighted by Crippen LogP contribution is 2.20. The monoisotopic (exact) mass is 360 g/mol. The maximum atomic E-state index is 12.2. The number of benzene rings is 1. The molecular weight excluding hydrogens is 340 g/mol. The number of ether oxygens (including phenoxy) is 1. The van der Waals surface area contributed by atoms with E-state index in [4.69, 9.17) is 4.74 Å². The third-order valence-corrected chi connectivity index (χ3v) is 5.99. The molecule has 1 aromatic carbocycles. The van der Waals surface area contributed by atoms with Crippen LogP contribution < -0.4 is 10.1 Å². The number of nitrogens with zero attached hydrogens (tertiary/aromatic N) is 1. The largest absolute Gasteiger partial charge is 0.496 e. The Bertz CT molecular complexity index is 863. The maximum absolute atomic E-state index is 12.2. The van der Waals surface area contributed by atoms with Gasteiger partial charge in [-0.25, -0.2) is 8.42 Å². The summed E-state index contributed by atoms with van der Waals surface area (Å²) in [6.45, 7) is 0. The summed E-state index contributed by atoms with van der Waals surface area (Å²) in [5.74, 6) is 0.651. The summed E-state index contributed by atoms with van der Waals surface area (Å²) in [5.41, 5.74) is 2.27. The summed E-state index contributed by atoms with van der Waals surface area (Å²) in [6, 6.07) is 10.9. The van der Waals surface area contributed by atoms with Gasteiger partial charge in [0, 0.05) is 29.9 Å². The van der Waals surface area contributed by atoms with Crippen LogP contribution in [0.5, 0.6) is 5.75 Å². The van der Waals surface area contributed by atoms with Gasteiger partial charge in [0.2, 0.25) is 0 Å². The number of methoxy groups -OCH3 is 1. The Kier molecular flexibility index (Phi) is 5.03. The van der Waals surface area contributed by atoms with Crippen molar-refractivity contribution in [3.8, 4) is 5.75 Å². The Hall–Kier alpha value is -2.41. The molecule has 7 heteroatoms. The number of rotatable bonds is 5. The van der Waals surface area contributed by atoms with Gasteiger partial charge in [-0.2, -0.15) is 0 Å². The quantitative estimate of drug-likeness (QED) is 0.875. The van der Waals surface area contributed by atoms with Crippen molar-refractivity contribution in [3.05, 3.63) is 59.4 Å². The Morgan fingerprint density at radius 3 is 2.72 bits per heavy atom. The molecule has 0 bridgehead atoms. The van der Waals surface area contributed by atoms with Crippen LogP contribution in [0.15, 0.2) is 42.6 Å². The number of sulfone groups is 1. The van der Waals surface area contributed by atoms with Gasteiger partial charge in [-0.05, 0) is 24.6 Å². The summed E-state index contributed by atoms with van der Waals surface area (Å²) in [4.78, 5) is 16.6. The molecule has 1 fully saturated rings. The smallest absolute Gasteiger partial charge is 0.253 e. The number of carbonyl (C=O) groups excluding carboxylic acids is 1. The first-order valence-corrected chi connectivity index (χ1v) is 9.87. The van der Waals surface area contributed by atoms with Crippen LogP contribution in [-0.4, -0.2) is 44.0 Å². The zero-order chi connectivity index (χ0) is 17.9. The van der Waals surface area contributed by atoms with Crippen molar-refractivity contribution in [2.75, 3.05) is 18.6 Å². The van der Waals surface area contributed by atoms with Crippen LogP contribution in [0.1, 0.15) is 28.0 Å². The standard InChI is InChI=1S/C18H20N2O4S/c1-24-17-5-3-2-4-13(17)10-15-7-6-14(11-19-15)18(21)20-16-8-9-25(22,23)12-16/h2-7,11,16H,8-10,12H2,1H3,(H,20,21)/t16-/m0/s1. The van der Waals surface area contributed by atoms with E-state index in [9.17, 15) is 13.2 Å². The molecule has 1 aliphatic heterocycles.